The third kappa shape index (κ3) is 3.34. The van der Waals surface area contributed by atoms with Crippen molar-refractivity contribution in [3.8, 4) is 11.5 Å². The normalized spacial score (nSPS) is 10.2. The number of carbonyl (C=O) groups is 1. The molecule has 2 aromatic rings. The van der Waals surface area contributed by atoms with Crippen LogP contribution in [0.3, 0.4) is 0 Å². The van der Waals surface area contributed by atoms with Crippen LogP contribution >= 0.6 is 0 Å². The van der Waals surface area contributed by atoms with Crippen LogP contribution in [0.2, 0.25) is 0 Å². The number of benzene rings is 1. The fraction of sp³-hybridized carbons (Fsp3) is 0.286. The Bertz CT molecular complexity index is 523. The highest BCUT2D eigenvalue weighted by Crippen LogP contribution is 2.29. The number of carbonyl (C=O) groups excluding carboxylic acids is 1. The third-order valence-electron chi connectivity index (χ3n) is 2.72. The third-order valence-corrected chi connectivity index (χ3v) is 2.72. The lowest BCUT2D eigenvalue weighted by Crippen LogP contribution is -2.05. The SMILES string of the molecule is COc1cccc(C=O)c1OCCCn1ccnc1. The predicted molar refractivity (Wildman–Crippen MR) is 70.7 cm³/mol. The largest absolute Gasteiger partial charge is 0.493 e. The topological polar surface area (TPSA) is 53.4 Å². The molecular weight excluding hydrogens is 244 g/mol. The molecule has 0 saturated heterocycles. The van der Waals surface area contributed by atoms with E-state index in [0.29, 0.717) is 23.7 Å². The van der Waals surface area contributed by atoms with Gasteiger partial charge in [0, 0.05) is 18.9 Å². The number of hydrogen-bond acceptors (Lipinski definition) is 4. The van der Waals surface area contributed by atoms with Gasteiger partial charge in [-0.15, -0.1) is 0 Å². The van der Waals surface area contributed by atoms with Gasteiger partial charge in [0.25, 0.3) is 0 Å². The quantitative estimate of drug-likeness (QED) is 0.565. The molecule has 5 nitrogen and oxygen atoms in total. The Labute approximate surface area is 111 Å². The van der Waals surface area contributed by atoms with Crippen molar-refractivity contribution in [1.29, 1.82) is 0 Å². The lowest BCUT2D eigenvalue weighted by Gasteiger charge is -2.12. The van der Waals surface area contributed by atoms with E-state index in [1.165, 1.54) is 0 Å². The van der Waals surface area contributed by atoms with Crippen LogP contribution in [0.25, 0.3) is 0 Å². The first-order valence-corrected chi connectivity index (χ1v) is 6.06. The van der Waals surface area contributed by atoms with Gasteiger partial charge >= 0.3 is 0 Å². The molecular formula is C14H16N2O3. The Kier molecular flexibility index (Phi) is 4.55. The Morgan fingerprint density at radius 1 is 1.42 bits per heavy atom. The van der Waals surface area contributed by atoms with Crippen LogP contribution in [0, 0.1) is 0 Å². The van der Waals surface area contributed by atoms with Crippen molar-refractivity contribution in [2.24, 2.45) is 0 Å². The molecule has 0 aliphatic rings. The van der Waals surface area contributed by atoms with Gasteiger partial charge in [0.2, 0.25) is 0 Å². The summed E-state index contributed by atoms with van der Waals surface area (Å²) in [6, 6.07) is 5.25. The highest BCUT2D eigenvalue weighted by atomic mass is 16.5. The van der Waals surface area contributed by atoms with Gasteiger partial charge in [-0.3, -0.25) is 4.79 Å². The van der Waals surface area contributed by atoms with Crippen LogP contribution in [-0.4, -0.2) is 29.6 Å². The lowest BCUT2D eigenvalue weighted by molar-refractivity contribution is 0.111. The Hall–Kier alpha value is -2.30. The Morgan fingerprint density at radius 3 is 3.00 bits per heavy atom. The maximum Gasteiger partial charge on any atom is 0.171 e. The molecule has 100 valence electrons. The average Bonchev–Trinajstić information content (AvgIpc) is 2.96. The molecule has 0 aliphatic carbocycles. The van der Waals surface area contributed by atoms with Gasteiger partial charge in [-0.1, -0.05) is 6.07 Å². The smallest absolute Gasteiger partial charge is 0.171 e. The maximum atomic E-state index is 11.0. The molecule has 0 spiro atoms. The number of hydrogen-bond donors (Lipinski definition) is 0. The van der Waals surface area contributed by atoms with Crippen molar-refractivity contribution < 1.29 is 14.3 Å². The molecule has 0 saturated carbocycles. The van der Waals surface area contributed by atoms with Crippen LogP contribution in [0.4, 0.5) is 0 Å². The number of nitrogens with zero attached hydrogens (tertiary/aromatic N) is 2. The van der Waals surface area contributed by atoms with E-state index in [4.69, 9.17) is 9.47 Å². The van der Waals surface area contributed by atoms with E-state index < -0.39 is 0 Å². The Morgan fingerprint density at radius 2 is 2.32 bits per heavy atom. The van der Waals surface area contributed by atoms with Gasteiger partial charge in [-0.2, -0.15) is 0 Å². The summed E-state index contributed by atoms with van der Waals surface area (Å²) in [6.07, 6.45) is 7.01. The minimum Gasteiger partial charge on any atom is -0.493 e. The molecule has 19 heavy (non-hydrogen) atoms. The highest BCUT2D eigenvalue weighted by molar-refractivity contribution is 5.81. The van der Waals surface area contributed by atoms with E-state index >= 15 is 0 Å². The van der Waals surface area contributed by atoms with Crippen LogP contribution in [0.5, 0.6) is 11.5 Å². The molecule has 0 N–H and O–H groups in total. The van der Waals surface area contributed by atoms with Crippen LogP contribution in [0.1, 0.15) is 16.8 Å². The van der Waals surface area contributed by atoms with Crippen molar-refractivity contribution in [3.05, 3.63) is 42.5 Å². The first-order valence-electron chi connectivity index (χ1n) is 6.06. The maximum absolute atomic E-state index is 11.0. The first-order chi connectivity index (χ1) is 9.35. The lowest BCUT2D eigenvalue weighted by atomic mass is 10.2. The number of aromatic nitrogens is 2. The number of aryl methyl sites for hydroxylation is 1. The molecule has 0 atom stereocenters. The fourth-order valence-electron chi connectivity index (χ4n) is 1.78. The monoisotopic (exact) mass is 260 g/mol. The molecule has 1 aromatic heterocycles. The van der Waals surface area contributed by atoms with Crippen molar-refractivity contribution in [3.63, 3.8) is 0 Å². The molecule has 0 radical (unpaired) electrons. The van der Waals surface area contributed by atoms with Crippen LogP contribution in [0.15, 0.2) is 36.9 Å². The van der Waals surface area contributed by atoms with Crippen molar-refractivity contribution in [2.45, 2.75) is 13.0 Å². The molecule has 5 heteroatoms. The zero-order valence-electron chi connectivity index (χ0n) is 10.8. The summed E-state index contributed by atoms with van der Waals surface area (Å²) in [6.45, 7) is 1.34. The number of ether oxygens (including phenoxy) is 2. The van der Waals surface area contributed by atoms with E-state index in [1.54, 1.807) is 37.8 Å². The predicted octanol–water partition coefficient (Wildman–Crippen LogP) is 2.17. The Balaban J connectivity index is 1.93. The summed E-state index contributed by atoms with van der Waals surface area (Å²) in [5.74, 6) is 1.08. The van der Waals surface area contributed by atoms with Crippen molar-refractivity contribution in [2.75, 3.05) is 13.7 Å². The summed E-state index contributed by atoms with van der Waals surface area (Å²) in [7, 11) is 1.56. The highest BCUT2D eigenvalue weighted by Gasteiger charge is 2.09. The van der Waals surface area contributed by atoms with Gasteiger partial charge in [0.15, 0.2) is 17.8 Å². The molecule has 0 aliphatic heterocycles. The fourth-order valence-corrected chi connectivity index (χ4v) is 1.78. The summed E-state index contributed by atoms with van der Waals surface area (Å²) in [4.78, 5) is 14.9. The van der Waals surface area contributed by atoms with E-state index in [9.17, 15) is 4.79 Å². The average molecular weight is 260 g/mol. The summed E-state index contributed by atoms with van der Waals surface area (Å²) < 4.78 is 12.8. The molecule has 0 amide bonds. The second kappa shape index (κ2) is 6.58. The van der Waals surface area contributed by atoms with Gasteiger partial charge in [-0.05, 0) is 18.6 Å². The van der Waals surface area contributed by atoms with E-state index in [2.05, 4.69) is 4.98 Å². The minimum atomic E-state index is 0.502. The minimum absolute atomic E-state index is 0.502. The zero-order valence-corrected chi connectivity index (χ0v) is 10.8. The zero-order chi connectivity index (χ0) is 13.5. The van der Waals surface area contributed by atoms with Crippen LogP contribution in [-0.2, 0) is 6.54 Å². The second-order valence-electron chi connectivity index (χ2n) is 4.00. The van der Waals surface area contributed by atoms with E-state index in [-0.39, 0.29) is 0 Å². The molecule has 2 rings (SSSR count). The van der Waals surface area contributed by atoms with Crippen molar-refractivity contribution >= 4 is 6.29 Å². The number of rotatable bonds is 7. The second-order valence-corrected chi connectivity index (χ2v) is 4.00. The first kappa shape index (κ1) is 13.1. The number of imidazole rings is 1. The summed E-state index contributed by atoms with van der Waals surface area (Å²) in [5.41, 5.74) is 0.502. The van der Waals surface area contributed by atoms with Gasteiger partial charge in [0.05, 0.1) is 25.6 Å². The number of aldehydes is 1. The van der Waals surface area contributed by atoms with Crippen LogP contribution < -0.4 is 9.47 Å². The molecule has 0 fully saturated rings. The number of methoxy groups -OCH3 is 1. The molecule has 0 bridgehead atoms. The number of para-hydroxylation sites is 1. The van der Waals surface area contributed by atoms with Gasteiger partial charge in [-0.25, -0.2) is 4.98 Å². The van der Waals surface area contributed by atoms with Gasteiger partial charge in [0.1, 0.15) is 0 Å². The van der Waals surface area contributed by atoms with Crippen molar-refractivity contribution in [1.82, 2.24) is 9.55 Å². The standard InChI is InChI=1S/C14H16N2O3/c1-18-13-5-2-4-12(10-17)14(13)19-9-3-7-16-8-6-15-11-16/h2,4-6,8,10-11H,3,7,9H2,1H3. The van der Waals surface area contributed by atoms with Gasteiger partial charge < -0.3 is 14.0 Å². The molecule has 0 unspecified atom stereocenters. The van der Waals surface area contributed by atoms with E-state index in [0.717, 1.165) is 19.3 Å². The molecule has 1 heterocycles. The molecule has 1 aromatic carbocycles. The van der Waals surface area contributed by atoms with E-state index in [1.807, 2.05) is 10.8 Å². The summed E-state index contributed by atoms with van der Waals surface area (Å²) >= 11 is 0. The summed E-state index contributed by atoms with van der Waals surface area (Å²) in [5, 5.41) is 0.